The van der Waals surface area contributed by atoms with Gasteiger partial charge >= 0.3 is 0 Å². The van der Waals surface area contributed by atoms with Crippen LogP contribution in [0.1, 0.15) is 23.1 Å². The van der Waals surface area contributed by atoms with Crippen LogP contribution in [0.25, 0.3) is 0 Å². The van der Waals surface area contributed by atoms with Crippen molar-refractivity contribution in [3.63, 3.8) is 0 Å². The highest BCUT2D eigenvalue weighted by molar-refractivity contribution is 5.97. The zero-order chi connectivity index (χ0) is 16.1. The van der Waals surface area contributed by atoms with E-state index in [1.807, 2.05) is 42.5 Å². The summed E-state index contributed by atoms with van der Waals surface area (Å²) in [5.41, 5.74) is 10.0. The van der Waals surface area contributed by atoms with Crippen LogP contribution in [0.3, 0.4) is 0 Å². The van der Waals surface area contributed by atoms with Crippen LogP contribution < -0.4 is 11.1 Å². The smallest absolute Gasteiger partial charge is 0.265 e. The van der Waals surface area contributed by atoms with E-state index < -0.39 is 0 Å². The molecule has 3 N–H and O–H groups in total. The molecule has 1 aliphatic carbocycles. The predicted octanol–water partition coefficient (Wildman–Crippen LogP) is 2.45. The van der Waals surface area contributed by atoms with Crippen LogP contribution in [-0.4, -0.2) is 18.3 Å². The quantitative estimate of drug-likeness (QED) is 0.506. The molecule has 0 spiro atoms. The van der Waals surface area contributed by atoms with Gasteiger partial charge in [0.25, 0.3) is 5.91 Å². The van der Waals surface area contributed by atoms with Gasteiger partial charge in [-0.2, -0.15) is 0 Å². The van der Waals surface area contributed by atoms with Crippen molar-refractivity contribution < 1.29 is 9.63 Å². The molecular formula is C18H19N3O2. The van der Waals surface area contributed by atoms with Gasteiger partial charge < -0.3 is 15.9 Å². The van der Waals surface area contributed by atoms with Crippen LogP contribution >= 0.6 is 0 Å². The Hall–Kier alpha value is -2.82. The van der Waals surface area contributed by atoms with Gasteiger partial charge in [-0.25, -0.2) is 0 Å². The Labute approximate surface area is 135 Å². The summed E-state index contributed by atoms with van der Waals surface area (Å²) in [6, 6.07) is 15.3. The van der Waals surface area contributed by atoms with Crippen LogP contribution in [-0.2, 0) is 22.5 Å². The first-order valence-corrected chi connectivity index (χ1v) is 7.65. The summed E-state index contributed by atoms with van der Waals surface area (Å²) in [6.07, 6.45) is 3.39. The van der Waals surface area contributed by atoms with E-state index in [-0.39, 0.29) is 18.3 Å². The van der Waals surface area contributed by atoms with Gasteiger partial charge in [0.05, 0.1) is 0 Å². The molecule has 0 bridgehead atoms. The maximum atomic E-state index is 11.9. The maximum absolute atomic E-state index is 11.9. The number of anilines is 1. The molecule has 118 valence electrons. The fourth-order valence-corrected chi connectivity index (χ4v) is 2.67. The van der Waals surface area contributed by atoms with Crippen molar-refractivity contribution in [1.82, 2.24) is 0 Å². The number of carbonyl (C=O) groups excluding carboxylic acids is 1. The minimum absolute atomic E-state index is 0.176. The molecule has 1 aliphatic rings. The van der Waals surface area contributed by atoms with E-state index in [9.17, 15) is 4.79 Å². The monoisotopic (exact) mass is 309 g/mol. The molecule has 0 fully saturated rings. The lowest BCUT2D eigenvalue weighted by molar-refractivity contribution is -0.120. The number of fused-ring (bicyclic) bond motifs is 1. The normalized spacial score (nSPS) is 13.5. The number of oxime groups is 1. The summed E-state index contributed by atoms with van der Waals surface area (Å²) in [4.78, 5) is 16.9. The van der Waals surface area contributed by atoms with Gasteiger partial charge in [0.1, 0.15) is 0 Å². The number of nitrogens with two attached hydrogens (primary N) is 1. The summed E-state index contributed by atoms with van der Waals surface area (Å²) in [7, 11) is 0. The molecule has 0 saturated carbocycles. The molecule has 0 heterocycles. The molecule has 0 atom stereocenters. The number of benzene rings is 2. The van der Waals surface area contributed by atoms with Gasteiger partial charge in [-0.15, -0.1) is 0 Å². The lowest BCUT2D eigenvalue weighted by Crippen LogP contribution is -2.19. The van der Waals surface area contributed by atoms with E-state index >= 15 is 0 Å². The topological polar surface area (TPSA) is 76.7 Å². The second-order valence-electron chi connectivity index (χ2n) is 5.50. The zero-order valence-electron chi connectivity index (χ0n) is 12.8. The number of rotatable bonds is 5. The first-order valence-electron chi connectivity index (χ1n) is 7.65. The lowest BCUT2D eigenvalue weighted by atomic mass is 10.1. The third-order valence-corrected chi connectivity index (χ3v) is 3.81. The van der Waals surface area contributed by atoms with E-state index in [0.29, 0.717) is 0 Å². The summed E-state index contributed by atoms with van der Waals surface area (Å²) < 4.78 is 0. The fourth-order valence-electron chi connectivity index (χ4n) is 2.67. The van der Waals surface area contributed by atoms with Crippen LogP contribution in [0.2, 0.25) is 0 Å². The Morgan fingerprint density at radius 1 is 1.13 bits per heavy atom. The third-order valence-electron chi connectivity index (χ3n) is 3.81. The maximum Gasteiger partial charge on any atom is 0.265 e. The van der Waals surface area contributed by atoms with Gasteiger partial charge in [-0.1, -0.05) is 41.6 Å². The van der Waals surface area contributed by atoms with E-state index in [1.54, 1.807) is 0 Å². The molecule has 5 nitrogen and oxygen atoms in total. The van der Waals surface area contributed by atoms with Crippen LogP contribution in [0.5, 0.6) is 0 Å². The molecule has 5 heteroatoms. The lowest BCUT2D eigenvalue weighted by Gasteiger charge is -2.07. The number of nitrogens with one attached hydrogen (secondary N) is 1. The highest BCUT2D eigenvalue weighted by Crippen LogP contribution is 2.24. The number of hydrogen-bond acceptors (Lipinski definition) is 3. The van der Waals surface area contributed by atoms with E-state index in [1.165, 1.54) is 17.5 Å². The average Bonchev–Trinajstić information content (AvgIpc) is 3.03. The van der Waals surface area contributed by atoms with E-state index in [2.05, 4.69) is 16.5 Å². The Bertz CT molecular complexity index is 726. The molecule has 0 aromatic heterocycles. The van der Waals surface area contributed by atoms with E-state index in [4.69, 9.17) is 10.6 Å². The van der Waals surface area contributed by atoms with Crippen LogP contribution in [0.15, 0.2) is 53.7 Å². The van der Waals surface area contributed by atoms with Crippen LogP contribution in [0, 0.1) is 0 Å². The zero-order valence-corrected chi connectivity index (χ0v) is 12.8. The predicted molar refractivity (Wildman–Crippen MR) is 90.2 cm³/mol. The molecule has 0 aliphatic heterocycles. The summed E-state index contributed by atoms with van der Waals surface area (Å²) in [6.45, 7) is -0.176. The largest absolute Gasteiger partial charge is 0.384 e. The van der Waals surface area contributed by atoms with Gasteiger partial charge in [0.15, 0.2) is 12.4 Å². The number of carbonyl (C=O) groups is 1. The number of aryl methyl sites for hydroxylation is 2. The van der Waals surface area contributed by atoms with Gasteiger partial charge in [0.2, 0.25) is 0 Å². The van der Waals surface area contributed by atoms with Crippen molar-refractivity contribution in [1.29, 1.82) is 0 Å². The van der Waals surface area contributed by atoms with Crippen molar-refractivity contribution in [3.8, 4) is 0 Å². The minimum Gasteiger partial charge on any atom is -0.384 e. The van der Waals surface area contributed by atoms with Crippen molar-refractivity contribution in [2.75, 3.05) is 11.9 Å². The van der Waals surface area contributed by atoms with Gasteiger partial charge in [0, 0.05) is 11.3 Å². The summed E-state index contributed by atoms with van der Waals surface area (Å²) in [5, 5.41) is 6.58. The average molecular weight is 309 g/mol. The third kappa shape index (κ3) is 3.88. The minimum atomic E-state index is -0.257. The molecule has 2 aromatic carbocycles. The molecule has 0 unspecified atom stereocenters. The Morgan fingerprint density at radius 3 is 2.74 bits per heavy atom. The number of amidine groups is 1. The number of nitrogens with zero attached hydrogens (tertiary/aromatic N) is 1. The SMILES string of the molecule is N/C(=N/OCC(=O)Nc1ccc2c(c1)CCC2)c1ccccc1. The molecule has 2 aromatic rings. The Balaban J connectivity index is 1.52. The highest BCUT2D eigenvalue weighted by Gasteiger charge is 2.12. The van der Waals surface area contributed by atoms with Crippen molar-refractivity contribution in [2.24, 2.45) is 10.9 Å². The van der Waals surface area contributed by atoms with Crippen molar-refractivity contribution >= 4 is 17.4 Å². The van der Waals surface area contributed by atoms with E-state index in [0.717, 1.165) is 24.1 Å². The highest BCUT2D eigenvalue weighted by atomic mass is 16.6. The molecule has 0 saturated heterocycles. The summed E-state index contributed by atoms with van der Waals surface area (Å²) >= 11 is 0. The van der Waals surface area contributed by atoms with Crippen LogP contribution in [0.4, 0.5) is 5.69 Å². The fraction of sp³-hybridized carbons (Fsp3) is 0.222. The molecule has 3 rings (SSSR count). The second-order valence-corrected chi connectivity index (χ2v) is 5.50. The second kappa shape index (κ2) is 6.96. The standard InChI is InChI=1S/C18H19N3O2/c19-18(14-5-2-1-3-6-14)21-23-12-17(22)20-16-10-9-13-7-4-8-15(13)11-16/h1-3,5-6,9-11H,4,7-8,12H2,(H2,19,21)(H,20,22). The Kier molecular flexibility index (Phi) is 4.57. The molecule has 1 amide bonds. The molecule has 0 radical (unpaired) electrons. The first kappa shape index (κ1) is 15.1. The summed E-state index contributed by atoms with van der Waals surface area (Å²) in [5.74, 6) is -0.0107. The van der Waals surface area contributed by atoms with Gasteiger partial charge in [-0.3, -0.25) is 4.79 Å². The number of amides is 1. The Morgan fingerprint density at radius 2 is 1.91 bits per heavy atom. The molecular weight excluding hydrogens is 290 g/mol. The van der Waals surface area contributed by atoms with Crippen molar-refractivity contribution in [2.45, 2.75) is 19.3 Å². The van der Waals surface area contributed by atoms with Gasteiger partial charge in [-0.05, 0) is 42.5 Å². The number of hydrogen-bond donors (Lipinski definition) is 2. The first-order chi connectivity index (χ1) is 11.2. The molecule has 23 heavy (non-hydrogen) atoms. The van der Waals surface area contributed by atoms with Crippen molar-refractivity contribution in [3.05, 3.63) is 65.2 Å².